The van der Waals surface area contributed by atoms with Crippen molar-refractivity contribution in [2.75, 3.05) is 13.2 Å². The summed E-state index contributed by atoms with van der Waals surface area (Å²) in [4.78, 5) is 14.8. The number of likely N-dealkylation sites (tertiary alicyclic amines) is 1. The summed E-state index contributed by atoms with van der Waals surface area (Å²) in [6.07, 6.45) is 5.71. The van der Waals surface area contributed by atoms with Crippen molar-refractivity contribution >= 4 is 5.91 Å². The molecule has 3 heterocycles. The lowest BCUT2D eigenvalue weighted by atomic mass is 10.0. The summed E-state index contributed by atoms with van der Waals surface area (Å²) in [5.74, 6) is -0.0633. The Morgan fingerprint density at radius 3 is 3.00 bits per heavy atom. The van der Waals surface area contributed by atoms with E-state index in [-0.39, 0.29) is 18.1 Å². The molecule has 0 radical (unpaired) electrons. The first-order valence-corrected chi connectivity index (χ1v) is 7.73. The van der Waals surface area contributed by atoms with E-state index in [4.69, 9.17) is 4.74 Å². The van der Waals surface area contributed by atoms with Crippen LogP contribution in [0.25, 0.3) is 0 Å². The first-order valence-electron chi connectivity index (χ1n) is 7.73. The van der Waals surface area contributed by atoms with Gasteiger partial charge in [0.2, 0.25) is 0 Å². The number of hydrogen-bond acceptors (Lipinski definition) is 4. The number of ether oxygens (including phenoxy) is 1. The van der Waals surface area contributed by atoms with Gasteiger partial charge in [0, 0.05) is 38.5 Å². The predicted octanol–water partition coefficient (Wildman–Crippen LogP) is 0.790. The van der Waals surface area contributed by atoms with Gasteiger partial charge in [0.15, 0.2) is 0 Å². The molecule has 0 unspecified atom stereocenters. The molecule has 1 aromatic rings. The molecule has 3 atom stereocenters. The van der Waals surface area contributed by atoms with E-state index in [1.54, 1.807) is 17.1 Å². The third-order valence-corrected chi connectivity index (χ3v) is 4.51. The van der Waals surface area contributed by atoms with Crippen molar-refractivity contribution in [2.24, 2.45) is 7.05 Å². The Morgan fingerprint density at radius 1 is 1.52 bits per heavy atom. The first kappa shape index (κ1) is 14.5. The van der Waals surface area contributed by atoms with Gasteiger partial charge in [-0.05, 0) is 26.7 Å². The van der Waals surface area contributed by atoms with Gasteiger partial charge in [-0.2, -0.15) is 5.10 Å². The monoisotopic (exact) mass is 292 g/mol. The van der Waals surface area contributed by atoms with Crippen molar-refractivity contribution in [1.82, 2.24) is 20.0 Å². The number of hydrogen-bond donors (Lipinski definition) is 1. The Kier molecular flexibility index (Phi) is 3.99. The number of rotatable bonds is 3. The topological polar surface area (TPSA) is 59.4 Å². The van der Waals surface area contributed by atoms with Crippen LogP contribution in [-0.4, -0.2) is 58.0 Å². The molecule has 0 spiro atoms. The Bertz CT molecular complexity index is 514. The van der Waals surface area contributed by atoms with Gasteiger partial charge >= 0.3 is 0 Å². The molecule has 1 N–H and O–H groups in total. The number of fused-ring (bicyclic) bond motifs is 1. The molecule has 2 saturated heterocycles. The van der Waals surface area contributed by atoms with Crippen LogP contribution in [0.5, 0.6) is 0 Å². The number of carbonyl (C=O) groups excluding carboxylic acids is 1. The zero-order chi connectivity index (χ0) is 15.0. The minimum Gasteiger partial charge on any atom is -0.374 e. The second kappa shape index (κ2) is 5.77. The maximum absolute atomic E-state index is 12.3. The fourth-order valence-corrected chi connectivity index (χ4v) is 3.50. The van der Waals surface area contributed by atoms with Gasteiger partial charge < -0.3 is 10.1 Å². The minimum absolute atomic E-state index is 0.0606. The Hall–Kier alpha value is -1.40. The zero-order valence-electron chi connectivity index (χ0n) is 13.0. The largest absolute Gasteiger partial charge is 0.374 e. The highest BCUT2D eigenvalue weighted by Gasteiger charge is 2.45. The molecule has 3 rings (SSSR count). The van der Waals surface area contributed by atoms with Gasteiger partial charge in [-0.25, -0.2) is 0 Å². The van der Waals surface area contributed by atoms with E-state index in [0.717, 1.165) is 26.0 Å². The molecule has 0 aliphatic carbocycles. The molecule has 0 aromatic carbocycles. The summed E-state index contributed by atoms with van der Waals surface area (Å²) in [7, 11) is 1.81. The molecule has 0 saturated carbocycles. The highest BCUT2D eigenvalue weighted by atomic mass is 16.5. The van der Waals surface area contributed by atoms with Gasteiger partial charge in [-0.1, -0.05) is 0 Å². The maximum atomic E-state index is 12.3. The van der Waals surface area contributed by atoms with E-state index in [2.05, 4.69) is 29.2 Å². The second-order valence-electron chi connectivity index (χ2n) is 6.32. The Balaban J connectivity index is 1.71. The van der Waals surface area contributed by atoms with Crippen LogP contribution in [0.4, 0.5) is 0 Å². The average molecular weight is 292 g/mol. The van der Waals surface area contributed by atoms with Crippen molar-refractivity contribution in [3.8, 4) is 0 Å². The summed E-state index contributed by atoms with van der Waals surface area (Å²) >= 11 is 0. The lowest BCUT2D eigenvalue weighted by Gasteiger charge is -2.34. The molecular formula is C15H24N4O2. The van der Waals surface area contributed by atoms with Gasteiger partial charge in [0.1, 0.15) is 0 Å². The van der Waals surface area contributed by atoms with Crippen LogP contribution in [0.1, 0.15) is 37.0 Å². The molecule has 6 heteroatoms. The molecule has 2 fully saturated rings. The molecule has 6 nitrogen and oxygen atoms in total. The van der Waals surface area contributed by atoms with Gasteiger partial charge in [0.25, 0.3) is 5.91 Å². The minimum atomic E-state index is -0.0633. The van der Waals surface area contributed by atoms with Gasteiger partial charge in [0.05, 0.1) is 23.9 Å². The molecule has 1 amide bonds. The summed E-state index contributed by atoms with van der Waals surface area (Å²) in [6.45, 7) is 6.07. The number of aromatic nitrogens is 2. The van der Waals surface area contributed by atoms with Gasteiger partial charge in [-0.15, -0.1) is 0 Å². The smallest absolute Gasteiger partial charge is 0.254 e. The first-order chi connectivity index (χ1) is 10.1. The molecular weight excluding hydrogens is 268 g/mol. The SMILES string of the molecule is CC(C)N1C[C@H](NC(=O)c2cnn(C)c2)[C@@H]2OCCC[C@@H]21. The maximum Gasteiger partial charge on any atom is 0.254 e. The van der Waals surface area contributed by atoms with Crippen LogP contribution in [0.2, 0.25) is 0 Å². The highest BCUT2D eigenvalue weighted by Crippen LogP contribution is 2.30. The third-order valence-electron chi connectivity index (χ3n) is 4.51. The Labute approximate surface area is 125 Å². The van der Waals surface area contributed by atoms with Crippen LogP contribution >= 0.6 is 0 Å². The third kappa shape index (κ3) is 2.82. The van der Waals surface area contributed by atoms with Crippen LogP contribution in [-0.2, 0) is 11.8 Å². The van der Waals surface area contributed by atoms with E-state index in [0.29, 0.717) is 17.6 Å². The second-order valence-corrected chi connectivity index (χ2v) is 6.32. The van der Waals surface area contributed by atoms with Gasteiger partial charge in [-0.3, -0.25) is 14.4 Å². The number of nitrogens with zero attached hydrogens (tertiary/aromatic N) is 3. The fourth-order valence-electron chi connectivity index (χ4n) is 3.50. The quantitative estimate of drug-likeness (QED) is 0.895. The lowest BCUT2D eigenvalue weighted by molar-refractivity contribution is -0.0243. The van der Waals surface area contributed by atoms with Crippen LogP contribution in [0.3, 0.4) is 0 Å². The van der Waals surface area contributed by atoms with E-state index in [1.807, 2.05) is 7.05 Å². The summed E-state index contributed by atoms with van der Waals surface area (Å²) in [5.41, 5.74) is 0.604. The fraction of sp³-hybridized carbons (Fsp3) is 0.733. The molecule has 21 heavy (non-hydrogen) atoms. The summed E-state index contributed by atoms with van der Waals surface area (Å²) in [5, 5.41) is 7.18. The highest BCUT2D eigenvalue weighted by molar-refractivity contribution is 5.93. The van der Waals surface area contributed by atoms with E-state index >= 15 is 0 Å². The lowest BCUT2D eigenvalue weighted by Crippen LogP contribution is -2.47. The zero-order valence-corrected chi connectivity index (χ0v) is 13.0. The molecule has 2 aliphatic rings. The normalized spacial score (nSPS) is 29.6. The number of aryl methyl sites for hydroxylation is 1. The molecule has 2 aliphatic heterocycles. The van der Waals surface area contributed by atoms with Crippen molar-refractivity contribution in [1.29, 1.82) is 0 Å². The van der Waals surface area contributed by atoms with Crippen molar-refractivity contribution in [3.05, 3.63) is 18.0 Å². The molecule has 0 bridgehead atoms. The van der Waals surface area contributed by atoms with E-state index in [1.165, 1.54) is 0 Å². The van der Waals surface area contributed by atoms with Crippen LogP contribution < -0.4 is 5.32 Å². The predicted molar refractivity (Wildman–Crippen MR) is 79.1 cm³/mol. The number of amides is 1. The molecule has 1 aromatic heterocycles. The molecule has 116 valence electrons. The van der Waals surface area contributed by atoms with E-state index < -0.39 is 0 Å². The standard InChI is InChI=1S/C15H24N4O2/c1-10(2)19-9-12(14-13(19)5-4-6-21-14)17-15(20)11-7-16-18(3)8-11/h7-8,10,12-14H,4-6,9H2,1-3H3,(H,17,20)/t12-,13-,14-/m0/s1. The van der Waals surface area contributed by atoms with Crippen molar-refractivity contribution in [3.63, 3.8) is 0 Å². The van der Waals surface area contributed by atoms with E-state index in [9.17, 15) is 4.79 Å². The summed E-state index contributed by atoms with van der Waals surface area (Å²) in [6, 6.07) is 0.961. The van der Waals surface area contributed by atoms with Crippen molar-refractivity contribution in [2.45, 2.75) is 50.9 Å². The summed E-state index contributed by atoms with van der Waals surface area (Å²) < 4.78 is 7.60. The number of carbonyl (C=O) groups is 1. The van der Waals surface area contributed by atoms with Crippen molar-refractivity contribution < 1.29 is 9.53 Å². The Morgan fingerprint density at radius 2 is 2.33 bits per heavy atom. The average Bonchev–Trinajstić information content (AvgIpc) is 3.04. The number of nitrogens with one attached hydrogen (secondary N) is 1. The van der Waals surface area contributed by atoms with Crippen LogP contribution in [0, 0.1) is 0 Å². The van der Waals surface area contributed by atoms with Crippen LogP contribution in [0.15, 0.2) is 12.4 Å².